The summed E-state index contributed by atoms with van der Waals surface area (Å²) in [6, 6.07) is 0. The van der Waals surface area contributed by atoms with Crippen LogP contribution in [0.15, 0.2) is 72.9 Å². The van der Waals surface area contributed by atoms with Gasteiger partial charge in [-0.05, 0) is 77.0 Å². The number of esters is 2. The fraction of sp³-hybridized carbons (Fsp3) is 0.682. The lowest BCUT2D eigenvalue weighted by Gasteiger charge is -2.20. The minimum atomic E-state index is -4.63. The van der Waals surface area contributed by atoms with E-state index in [1.54, 1.807) is 0 Å². The third kappa shape index (κ3) is 39.4. The maximum absolute atomic E-state index is 12.6. The first-order chi connectivity index (χ1) is 26.7. The van der Waals surface area contributed by atoms with Crippen LogP contribution in [0.4, 0.5) is 0 Å². The van der Waals surface area contributed by atoms with Gasteiger partial charge in [-0.25, -0.2) is 4.57 Å². The van der Waals surface area contributed by atoms with E-state index in [9.17, 15) is 24.2 Å². The second-order valence-electron chi connectivity index (χ2n) is 13.7. The van der Waals surface area contributed by atoms with Gasteiger partial charge >= 0.3 is 19.8 Å². The Morgan fingerprint density at radius 2 is 1.04 bits per heavy atom. The van der Waals surface area contributed by atoms with Crippen molar-refractivity contribution >= 4 is 19.8 Å². The van der Waals surface area contributed by atoms with Crippen LogP contribution in [0.5, 0.6) is 0 Å². The van der Waals surface area contributed by atoms with Gasteiger partial charge in [-0.15, -0.1) is 0 Å². The van der Waals surface area contributed by atoms with Gasteiger partial charge in [0.05, 0.1) is 19.8 Å². The first kappa shape index (κ1) is 52.4. The van der Waals surface area contributed by atoms with Crippen molar-refractivity contribution in [3.8, 4) is 0 Å². The van der Waals surface area contributed by atoms with E-state index < -0.39 is 51.8 Å². The lowest BCUT2D eigenvalue weighted by molar-refractivity contribution is -0.161. The van der Waals surface area contributed by atoms with Crippen molar-refractivity contribution in [2.24, 2.45) is 0 Å². The molecule has 0 aromatic heterocycles. The van der Waals surface area contributed by atoms with Gasteiger partial charge in [0.25, 0.3) is 0 Å². The van der Waals surface area contributed by atoms with Crippen molar-refractivity contribution in [3.05, 3.63) is 72.9 Å². The highest BCUT2D eigenvalue weighted by atomic mass is 31.2. The molecular formula is C44H75O10P. The predicted octanol–water partition coefficient (Wildman–Crippen LogP) is 10.9. The van der Waals surface area contributed by atoms with E-state index in [-0.39, 0.29) is 19.4 Å². The van der Waals surface area contributed by atoms with Gasteiger partial charge in [-0.3, -0.25) is 18.6 Å². The van der Waals surface area contributed by atoms with E-state index in [1.165, 1.54) is 32.1 Å². The second-order valence-corrected chi connectivity index (χ2v) is 15.1. The fourth-order valence-corrected chi connectivity index (χ4v) is 5.88. The molecule has 0 saturated carbocycles. The quantitative estimate of drug-likeness (QED) is 0.0181. The van der Waals surface area contributed by atoms with Crippen molar-refractivity contribution < 1.29 is 47.8 Å². The molecule has 0 aliphatic heterocycles. The second kappa shape index (κ2) is 39.6. The number of ether oxygens (including phenoxy) is 2. The van der Waals surface area contributed by atoms with Crippen molar-refractivity contribution in [2.75, 3.05) is 26.4 Å². The van der Waals surface area contributed by atoms with Crippen LogP contribution in [0.1, 0.15) is 155 Å². The summed E-state index contributed by atoms with van der Waals surface area (Å²) in [6.07, 6.45) is 44.3. The van der Waals surface area contributed by atoms with Crippen LogP contribution in [-0.2, 0) is 32.7 Å². The molecule has 3 atom stereocenters. The molecule has 0 amide bonds. The molecule has 0 radical (unpaired) electrons. The molecule has 0 bridgehead atoms. The number of phosphoric acid groups is 1. The molecule has 0 rings (SSSR count). The summed E-state index contributed by atoms with van der Waals surface area (Å²) < 4.78 is 32.6. The number of aliphatic hydroxyl groups excluding tert-OH is 2. The summed E-state index contributed by atoms with van der Waals surface area (Å²) in [4.78, 5) is 34.9. The minimum absolute atomic E-state index is 0.139. The molecular weight excluding hydrogens is 719 g/mol. The summed E-state index contributed by atoms with van der Waals surface area (Å²) in [5.74, 6) is -0.986. The Bertz CT molecular complexity index is 1140. The molecule has 3 N–H and O–H groups in total. The number of carbonyl (C=O) groups excluding carboxylic acids is 2. The van der Waals surface area contributed by atoms with E-state index in [2.05, 4.69) is 91.3 Å². The Balaban J connectivity index is 4.43. The van der Waals surface area contributed by atoms with E-state index >= 15 is 0 Å². The highest BCUT2D eigenvalue weighted by molar-refractivity contribution is 7.47. The van der Waals surface area contributed by atoms with Gasteiger partial charge < -0.3 is 24.6 Å². The molecule has 55 heavy (non-hydrogen) atoms. The lowest BCUT2D eigenvalue weighted by Crippen LogP contribution is -2.29. The van der Waals surface area contributed by atoms with Gasteiger partial charge in [0, 0.05) is 12.8 Å². The molecule has 10 nitrogen and oxygen atoms in total. The first-order valence-corrected chi connectivity index (χ1v) is 22.4. The van der Waals surface area contributed by atoms with Crippen LogP contribution < -0.4 is 0 Å². The molecule has 0 heterocycles. The summed E-state index contributed by atoms with van der Waals surface area (Å²) in [7, 11) is -4.63. The Kier molecular flexibility index (Phi) is 37.8. The number of rotatable bonds is 38. The van der Waals surface area contributed by atoms with Gasteiger partial charge in [-0.1, -0.05) is 138 Å². The van der Waals surface area contributed by atoms with E-state index in [0.29, 0.717) is 12.8 Å². The Morgan fingerprint density at radius 1 is 0.564 bits per heavy atom. The summed E-state index contributed by atoms with van der Waals surface area (Å²) in [5, 5.41) is 18.3. The highest BCUT2D eigenvalue weighted by Crippen LogP contribution is 2.43. The molecule has 1 unspecified atom stereocenters. The molecule has 0 aliphatic carbocycles. The molecule has 0 aromatic carbocycles. The van der Waals surface area contributed by atoms with Crippen LogP contribution in [0.25, 0.3) is 0 Å². The fourth-order valence-electron chi connectivity index (χ4n) is 5.09. The van der Waals surface area contributed by atoms with Crippen LogP contribution in [0.2, 0.25) is 0 Å². The summed E-state index contributed by atoms with van der Waals surface area (Å²) in [6.45, 7) is 2.21. The van der Waals surface area contributed by atoms with Crippen molar-refractivity contribution in [1.29, 1.82) is 0 Å². The average Bonchev–Trinajstić information content (AvgIpc) is 3.17. The first-order valence-electron chi connectivity index (χ1n) is 20.9. The third-order valence-electron chi connectivity index (χ3n) is 8.34. The van der Waals surface area contributed by atoms with E-state index in [1.807, 2.05) is 0 Å². The molecule has 0 fully saturated rings. The number of aliphatic hydroxyl groups is 2. The number of allylic oxidation sites excluding steroid dienone is 12. The van der Waals surface area contributed by atoms with Gasteiger partial charge in [0.15, 0.2) is 6.10 Å². The Morgan fingerprint density at radius 3 is 1.62 bits per heavy atom. The largest absolute Gasteiger partial charge is 0.472 e. The van der Waals surface area contributed by atoms with E-state index in [0.717, 1.165) is 83.5 Å². The molecule has 11 heteroatoms. The maximum atomic E-state index is 12.6. The van der Waals surface area contributed by atoms with Crippen LogP contribution >= 0.6 is 7.82 Å². The number of unbranched alkanes of at least 4 members (excludes halogenated alkanes) is 13. The van der Waals surface area contributed by atoms with Gasteiger partial charge in [0.1, 0.15) is 12.7 Å². The monoisotopic (exact) mass is 795 g/mol. The zero-order valence-corrected chi connectivity index (χ0v) is 35.0. The van der Waals surface area contributed by atoms with Gasteiger partial charge in [0.2, 0.25) is 0 Å². The molecule has 0 spiro atoms. The third-order valence-corrected chi connectivity index (χ3v) is 9.29. The Hall–Kier alpha value is -2.59. The number of carbonyl (C=O) groups is 2. The Labute approximate surface area is 333 Å². The topological polar surface area (TPSA) is 149 Å². The summed E-state index contributed by atoms with van der Waals surface area (Å²) >= 11 is 0. The smallest absolute Gasteiger partial charge is 0.462 e. The summed E-state index contributed by atoms with van der Waals surface area (Å²) in [5.41, 5.74) is 0. The minimum Gasteiger partial charge on any atom is -0.462 e. The zero-order valence-electron chi connectivity index (χ0n) is 34.1. The molecule has 0 saturated heterocycles. The zero-order chi connectivity index (χ0) is 40.5. The van der Waals surface area contributed by atoms with Crippen molar-refractivity contribution in [3.63, 3.8) is 0 Å². The average molecular weight is 795 g/mol. The van der Waals surface area contributed by atoms with Crippen LogP contribution in [0.3, 0.4) is 0 Å². The van der Waals surface area contributed by atoms with Crippen molar-refractivity contribution in [2.45, 2.75) is 167 Å². The van der Waals surface area contributed by atoms with Crippen LogP contribution in [0, 0.1) is 0 Å². The maximum Gasteiger partial charge on any atom is 0.472 e. The molecule has 316 valence electrons. The number of hydrogen-bond donors (Lipinski definition) is 3. The number of phosphoric ester groups is 1. The standard InChI is InChI=1S/C44H75O10P/c1-3-5-7-9-11-13-15-17-19-20-22-24-26-28-30-32-34-36-44(48)54-42(40-53-55(49,50)52-38-41(46)37-45)39-51-43(47)35-33-31-29-27-25-23-21-18-16-14-12-10-8-6-4-2/h7,9,13-16,18-21,24,26,41-42,45-46H,3-6,8,10-12,17,22-23,25,27-40H2,1-2H3,(H,49,50)/b9-7+,15-13+,16-14+,20-19+,21-18+,26-24+/t41-,42+/m0/s1. The normalized spacial score (nSPS) is 14.6. The van der Waals surface area contributed by atoms with Crippen LogP contribution in [-0.4, -0.2) is 65.7 Å². The molecule has 0 aliphatic rings. The SMILES string of the molecule is CCC/C=C/C/C=C/C/C=C/C/C=C/CCCCCC(=O)O[C@H](COC(=O)CCCCCCC/C=C/C=C/CCCCCC)COP(=O)(O)OC[C@@H](O)CO. The van der Waals surface area contributed by atoms with Gasteiger partial charge in [-0.2, -0.15) is 0 Å². The molecule has 0 aromatic rings. The lowest BCUT2D eigenvalue weighted by atomic mass is 10.1. The predicted molar refractivity (Wildman–Crippen MR) is 223 cm³/mol. The highest BCUT2D eigenvalue weighted by Gasteiger charge is 2.27. The number of hydrogen-bond acceptors (Lipinski definition) is 9. The van der Waals surface area contributed by atoms with Crippen molar-refractivity contribution in [1.82, 2.24) is 0 Å². The van der Waals surface area contributed by atoms with E-state index in [4.69, 9.17) is 19.1 Å².